The van der Waals surface area contributed by atoms with Crippen LogP contribution in [0, 0.1) is 0 Å². The SMILES string of the molecule is Cn1ccnc1CN(Cc1ccccc1-c1ccccc1)C(=O)C1=Cc2ccccc2OC1. The number of carbonyl (C=O) groups excluding carboxylic acids is 1. The number of rotatable bonds is 6. The molecule has 33 heavy (non-hydrogen) atoms. The highest BCUT2D eigenvalue weighted by Gasteiger charge is 2.24. The van der Waals surface area contributed by atoms with Crippen LogP contribution in [0.2, 0.25) is 0 Å². The maximum absolute atomic E-state index is 13.7. The van der Waals surface area contributed by atoms with Crippen molar-refractivity contribution in [3.05, 3.63) is 114 Å². The summed E-state index contributed by atoms with van der Waals surface area (Å²) >= 11 is 0. The minimum atomic E-state index is -0.0460. The predicted octanol–water partition coefficient (Wildman–Crippen LogP) is 5.09. The number of carbonyl (C=O) groups is 1. The van der Waals surface area contributed by atoms with Crippen molar-refractivity contribution in [2.75, 3.05) is 6.61 Å². The van der Waals surface area contributed by atoms with Crippen molar-refractivity contribution in [1.82, 2.24) is 14.5 Å². The molecule has 1 aromatic heterocycles. The Bertz CT molecular complexity index is 1310. The largest absolute Gasteiger partial charge is 0.488 e. The van der Waals surface area contributed by atoms with Crippen LogP contribution in [0.3, 0.4) is 0 Å². The lowest BCUT2D eigenvalue weighted by Crippen LogP contribution is -2.34. The molecule has 0 unspecified atom stereocenters. The van der Waals surface area contributed by atoms with Crippen molar-refractivity contribution in [3.8, 4) is 16.9 Å². The summed E-state index contributed by atoms with van der Waals surface area (Å²) in [4.78, 5) is 20.1. The van der Waals surface area contributed by atoms with Crippen LogP contribution >= 0.6 is 0 Å². The van der Waals surface area contributed by atoms with Crippen LogP contribution in [0.4, 0.5) is 0 Å². The topological polar surface area (TPSA) is 47.4 Å². The quantitative estimate of drug-likeness (QED) is 0.424. The molecule has 0 aliphatic carbocycles. The summed E-state index contributed by atoms with van der Waals surface area (Å²) in [5, 5.41) is 0. The highest BCUT2D eigenvalue weighted by molar-refractivity contribution is 5.99. The van der Waals surface area contributed by atoms with Crippen molar-refractivity contribution in [3.63, 3.8) is 0 Å². The molecule has 0 atom stereocenters. The summed E-state index contributed by atoms with van der Waals surface area (Å²) < 4.78 is 7.82. The third-order valence-corrected chi connectivity index (χ3v) is 5.91. The first kappa shape index (κ1) is 20.8. The van der Waals surface area contributed by atoms with Gasteiger partial charge in [0.25, 0.3) is 5.91 Å². The second-order valence-electron chi connectivity index (χ2n) is 8.13. The van der Waals surface area contributed by atoms with E-state index < -0.39 is 0 Å². The Balaban J connectivity index is 1.50. The van der Waals surface area contributed by atoms with Gasteiger partial charge in [-0.25, -0.2) is 4.98 Å². The lowest BCUT2D eigenvalue weighted by molar-refractivity contribution is -0.128. The summed E-state index contributed by atoms with van der Waals surface area (Å²) in [6.45, 7) is 1.13. The third kappa shape index (κ3) is 4.44. The fraction of sp³-hybridized carbons (Fsp3) is 0.143. The first-order valence-corrected chi connectivity index (χ1v) is 11.0. The molecule has 5 heteroatoms. The number of imidazole rings is 1. The Kier molecular flexibility index (Phi) is 5.77. The average Bonchev–Trinajstić information content (AvgIpc) is 3.28. The lowest BCUT2D eigenvalue weighted by Gasteiger charge is -2.27. The first-order chi connectivity index (χ1) is 16.2. The molecule has 1 aliphatic rings. The van der Waals surface area contributed by atoms with E-state index in [2.05, 4.69) is 29.2 Å². The van der Waals surface area contributed by atoms with E-state index in [-0.39, 0.29) is 12.5 Å². The van der Waals surface area contributed by atoms with E-state index in [1.54, 1.807) is 6.20 Å². The zero-order chi connectivity index (χ0) is 22.6. The molecule has 3 aromatic carbocycles. The number of aryl methyl sites for hydroxylation is 1. The molecule has 0 spiro atoms. The van der Waals surface area contributed by atoms with Crippen molar-refractivity contribution < 1.29 is 9.53 Å². The molecule has 2 heterocycles. The summed E-state index contributed by atoms with van der Waals surface area (Å²) in [6.07, 6.45) is 5.60. The second-order valence-corrected chi connectivity index (χ2v) is 8.13. The van der Waals surface area contributed by atoms with Crippen LogP contribution in [0.15, 0.2) is 96.8 Å². The standard InChI is InChI=1S/C28H25N3O2/c1-30-16-15-29-27(30)19-31(28(32)24-17-22-11-6-8-14-26(22)33-20-24)18-23-12-5-7-13-25(23)21-9-3-2-4-10-21/h2-17H,18-20H2,1H3. The number of para-hydroxylation sites is 1. The average molecular weight is 436 g/mol. The molecule has 1 aliphatic heterocycles. The number of hydrogen-bond acceptors (Lipinski definition) is 3. The van der Waals surface area contributed by atoms with Crippen LogP contribution in [0.25, 0.3) is 17.2 Å². The number of nitrogens with zero attached hydrogens (tertiary/aromatic N) is 3. The number of fused-ring (bicyclic) bond motifs is 1. The monoisotopic (exact) mass is 435 g/mol. The molecular weight excluding hydrogens is 410 g/mol. The fourth-order valence-electron chi connectivity index (χ4n) is 4.12. The summed E-state index contributed by atoms with van der Waals surface area (Å²) in [5.74, 6) is 1.59. The summed E-state index contributed by atoms with van der Waals surface area (Å²) in [7, 11) is 1.95. The second kappa shape index (κ2) is 9.17. The number of ether oxygens (including phenoxy) is 1. The van der Waals surface area contributed by atoms with Gasteiger partial charge in [-0.15, -0.1) is 0 Å². The van der Waals surface area contributed by atoms with E-state index in [1.165, 1.54) is 0 Å². The zero-order valence-electron chi connectivity index (χ0n) is 18.5. The van der Waals surface area contributed by atoms with Gasteiger partial charge in [0.15, 0.2) is 0 Å². The maximum atomic E-state index is 13.7. The molecule has 5 rings (SSSR count). The van der Waals surface area contributed by atoms with Crippen molar-refractivity contribution in [1.29, 1.82) is 0 Å². The van der Waals surface area contributed by atoms with Crippen LogP contribution < -0.4 is 4.74 Å². The minimum Gasteiger partial charge on any atom is -0.488 e. The molecule has 4 aromatic rings. The van der Waals surface area contributed by atoms with Gasteiger partial charge in [0.2, 0.25) is 0 Å². The zero-order valence-corrected chi connectivity index (χ0v) is 18.5. The molecule has 0 saturated carbocycles. The Morgan fingerprint density at radius 1 is 0.970 bits per heavy atom. The van der Waals surface area contributed by atoms with Gasteiger partial charge in [-0.3, -0.25) is 4.79 Å². The summed E-state index contributed by atoms with van der Waals surface area (Å²) in [5.41, 5.74) is 4.90. The normalized spacial score (nSPS) is 12.5. The first-order valence-electron chi connectivity index (χ1n) is 11.0. The molecule has 0 radical (unpaired) electrons. The van der Waals surface area contributed by atoms with E-state index in [1.807, 2.05) is 83.4 Å². The molecule has 0 N–H and O–H groups in total. The Hall–Kier alpha value is -4.12. The summed E-state index contributed by atoms with van der Waals surface area (Å²) in [6, 6.07) is 26.3. The minimum absolute atomic E-state index is 0.0460. The van der Waals surface area contributed by atoms with Gasteiger partial charge in [-0.05, 0) is 28.8 Å². The van der Waals surface area contributed by atoms with Crippen molar-refractivity contribution >= 4 is 12.0 Å². The van der Waals surface area contributed by atoms with Crippen LogP contribution in [0.5, 0.6) is 5.75 Å². The van der Waals surface area contributed by atoms with E-state index in [9.17, 15) is 4.79 Å². The van der Waals surface area contributed by atoms with Crippen LogP contribution in [0.1, 0.15) is 17.0 Å². The van der Waals surface area contributed by atoms with Crippen LogP contribution in [-0.4, -0.2) is 27.0 Å². The van der Waals surface area contributed by atoms with Gasteiger partial charge in [0.05, 0.1) is 12.1 Å². The Morgan fingerprint density at radius 2 is 1.73 bits per heavy atom. The van der Waals surface area contributed by atoms with Gasteiger partial charge in [0.1, 0.15) is 18.2 Å². The fourth-order valence-corrected chi connectivity index (χ4v) is 4.12. The molecule has 0 bridgehead atoms. The third-order valence-electron chi connectivity index (χ3n) is 5.91. The molecule has 5 nitrogen and oxygen atoms in total. The Labute approximate surface area is 193 Å². The Morgan fingerprint density at radius 3 is 2.55 bits per heavy atom. The van der Waals surface area contributed by atoms with E-state index in [0.29, 0.717) is 18.7 Å². The van der Waals surface area contributed by atoms with Gasteiger partial charge in [-0.1, -0.05) is 72.8 Å². The van der Waals surface area contributed by atoms with Gasteiger partial charge >= 0.3 is 0 Å². The smallest absolute Gasteiger partial charge is 0.253 e. The number of aromatic nitrogens is 2. The molecule has 1 amide bonds. The van der Waals surface area contributed by atoms with E-state index >= 15 is 0 Å². The van der Waals surface area contributed by atoms with Crippen molar-refractivity contribution in [2.45, 2.75) is 13.1 Å². The number of amides is 1. The maximum Gasteiger partial charge on any atom is 0.253 e. The van der Waals surface area contributed by atoms with Gasteiger partial charge in [-0.2, -0.15) is 0 Å². The van der Waals surface area contributed by atoms with Crippen molar-refractivity contribution in [2.24, 2.45) is 7.05 Å². The highest BCUT2D eigenvalue weighted by Crippen LogP contribution is 2.29. The molecule has 0 fully saturated rings. The predicted molar refractivity (Wildman–Crippen MR) is 129 cm³/mol. The number of hydrogen-bond donors (Lipinski definition) is 0. The van der Waals surface area contributed by atoms with Gasteiger partial charge in [0, 0.05) is 31.5 Å². The van der Waals surface area contributed by atoms with E-state index in [4.69, 9.17) is 4.74 Å². The number of benzene rings is 3. The molecular formula is C28H25N3O2. The van der Waals surface area contributed by atoms with Gasteiger partial charge < -0.3 is 14.2 Å². The van der Waals surface area contributed by atoms with E-state index in [0.717, 1.165) is 33.8 Å². The molecule has 0 saturated heterocycles. The molecule has 164 valence electrons. The van der Waals surface area contributed by atoms with Crippen LogP contribution in [-0.2, 0) is 24.9 Å². The lowest BCUT2D eigenvalue weighted by atomic mass is 9.99. The highest BCUT2D eigenvalue weighted by atomic mass is 16.5.